The molecule has 0 aliphatic carbocycles. The molecular formula is C5H11Cl2NO4S. The number of carboxylic acid groups (broad SMARTS) is 1. The van der Waals surface area contributed by atoms with Crippen molar-refractivity contribution in [1.29, 1.82) is 0 Å². The van der Waals surface area contributed by atoms with Crippen LogP contribution in [0.1, 0.15) is 13.8 Å². The summed E-state index contributed by atoms with van der Waals surface area (Å²) in [6.07, 6.45) is 0. The van der Waals surface area contributed by atoms with Crippen LogP contribution in [0.2, 0.25) is 0 Å². The molecule has 0 rings (SSSR count). The normalized spacial score (nSPS) is 13.1. The molecule has 0 radical (unpaired) electrons. The minimum absolute atomic E-state index is 0.0208. The van der Waals surface area contributed by atoms with E-state index in [1.165, 1.54) is 0 Å². The molecule has 0 saturated heterocycles. The van der Waals surface area contributed by atoms with Crippen LogP contribution < -0.4 is 5.73 Å². The van der Waals surface area contributed by atoms with Crippen molar-refractivity contribution in [3.63, 3.8) is 0 Å². The molecule has 1 atom stereocenters. The number of aliphatic carboxylic acids is 1. The number of rotatable bonds is 2. The lowest BCUT2D eigenvalue weighted by atomic mass is 10.1. The van der Waals surface area contributed by atoms with Gasteiger partial charge in [-0.25, -0.2) is 0 Å². The lowest BCUT2D eigenvalue weighted by Crippen LogP contribution is -2.34. The first-order valence-electron chi connectivity index (χ1n) is 3.18. The molecule has 0 aromatic carbocycles. The van der Waals surface area contributed by atoms with Gasteiger partial charge < -0.3 is 10.8 Å². The van der Waals surface area contributed by atoms with E-state index in [0.29, 0.717) is 0 Å². The van der Waals surface area contributed by atoms with Crippen molar-refractivity contribution < 1.29 is 18.3 Å². The third-order valence-electron chi connectivity index (χ3n) is 1.00. The average molecular weight is 252 g/mol. The standard InChI is InChI=1S/C5H11NO2.Cl2O2S/c1-3(2)4(6)5(7)8;1-5(2,3)4/h3-4H,6H2,1-2H3,(H,7,8);/t4-;/m0./s1. The van der Waals surface area contributed by atoms with E-state index < -0.39 is 20.3 Å². The second kappa shape index (κ2) is 6.42. The van der Waals surface area contributed by atoms with E-state index in [1.807, 2.05) is 0 Å². The minimum atomic E-state index is -3.72. The molecule has 13 heavy (non-hydrogen) atoms. The highest BCUT2D eigenvalue weighted by Crippen LogP contribution is 1.98. The van der Waals surface area contributed by atoms with E-state index in [9.17, 15) is 4.79 Å². The monoisotopic (exact) mass is 251 g/mol. The molecule has 80 valence electrons. The van der Waals surface area contributed by atoms with Gasteiger partial charge in [-0.15, -0.1) is 0 Å². The van der Waals surface area contributed by atoms with Crippen LogP contribution in [0.4, 0.5) is 0 Å². The quantitative estimate of drug-likeness (QED) is 0.707. The molecular weight excluding hydrogens is 241 g/mol. The van der Waals surface area contributed by atoms with Crippen molar-refractivity contribution >= 4 is 35.6 Å². The topological polar surface area (TPSA) is 97.5 Å². The Kier molecular flexibility index (Phi) is 7.62. The highest BCUT2D eigenvalue weighted by Gasteiger charge is 2.14. The van der Waals surface area contributed by atoms with Gasteiger partial charge in [0.2, 0.25) is 0 Å². The average Bonchev–Trinajstić information content (AvgIpc) is 1.81. The van der Waals surface area contributed by atoms with Crippen LogP contribution in [0.15, 0.2) is 0 Å². The van der Waals surface area contributed by atoms with Crippen LogP contribution in [-0.4, -0.2) is 25.5 Å². The number of nitrogens with two attached hydrogens (primary N) is 1. The summed E-state index contributed by atoms with van der Waals surface area (Å²) < 4.78 is 18.3. The van der Waals surface area contributed by atoms with E-state index >= 15 is 0 Å². The molecule has 0 aliphatic rings. The smallest absolute Gasteiger partial charge is 0.320 e. The lowest BCUT2D eigenvalue weighted by molar-refractivity contribution is -0.139. The minimum Gasteiger partial charge on any atom is -0.480 e. The molecule has 0 bridgehead atoms. The summed E-state index contributed by atoms with van der Waals surface area (Å²) in [5, 5.41) is 8.23. The first-order valence-corrected chi connectivity index (χ1v) is 6.32. The predicted octanol–water partition coefficient (Wildman–Crippen LogP) is 0.763. The maximum absolute atomic E-state index is 10.0. The lowest BCUT2D eigenvalue weighted by Gasteiger charge is -2.07. The number of halogens is 2. The van der Waals surface area contributed by atoms with Crippen LogP contribution in [0.5, 0.6) is 0 Å². The third-order valence-corrected chi connectivity index (χ3v) is 1.00. The molecule has 5 nitrogen and oxygen atoms in total. The second-order valence-electron chi connectivity index (χ2n) is 2.49. The Balaban J connectivity index is 0. The Labute approximate surface area is 85.7 Å². The first kappa shape index (κ1) is 15.4. The van der Waals surface area contributed by atoms with E-state index in [2.05, 4.69) is 21.4 Å². The summed E-state index contributed by atoms with van der Waals surface area (Å²) in [5.41, 5.74) is 5.16. The van der Waals surface area contributed by atoms with Gasteiger partial charge in [0.1, 0.15) is 6.04 Å². The number of carbonyl (C=O) groups is 1. The van der Waals surface area contributed by atoms with Crippen molar-refractivity contribution in [3.8, 4) is 0 Å². The zero-order chi connectivity index (χ0) is 11.2. The molecule has 3 N–H and O–H groups in total. The maximum Gasteiger partial charge on any atom is 0.320 e. The van der Waals surface area contributed by atoms with Gasteiger partial charge in [-0.05, 0) is 5.92 Å². The van der Waals surface area contributed by atoms with E-state index in [0.717, 1.165) is 0 Å². The van der Waals surface area contributed by atoms with Gasteiger partial charge in [0.05, 0.1) is 0 Å². The number of carboxylic acids is 1. The molecule has 8 heteroatoms. The summed E-state index contributed by atoms with van der Waals surface area (Å²) >= 11 is 0. The summed E-state index contributed by atoms with van der Waals surface area (Å²) in [6.45, 7) is 3.55. The van der Waals surface area contributed by atoms with Crippen LogP contribution in [0, 0.1) is 5.92 Å². The zero-order valence-electron chi connectivity index (χ0n) is 7.07. The van der Waals surface area contributed by atoms with Gasteiger partial charge >= 0.3 is 14.2 Å². The summed E-state index contributed by atoms with van der Waals surface area (Å²) in [4.78, 5) is 10.0. The van der Waals surface area contributed by atoms with Gasteiger partial charge in [0, 0.05) is 21.4 Å². The Morgan fingerprint density at radius 2 is 1.62 bits per heavy atom. The Bertz CT molecular complexity index is 243. The molecule has 0 aromatic rings. The molecule has 0 amide bonds. The molecule has 0 fully saturated rings. The fourth-order valence-corrected chi connectivity index (χ4v) is 0.285. The van der Waals surface area contributed by atoms with Gasteiger partial charge in [-0.2, -0.15) is 8.42 Å². The van der Waals surface area contributed by atoms with Crippen molar-refractivity contribution in [1.82, 2.24) is 0 Å². The van der Waals surface area contributed by atoms with Gasteiger partial charge in [0.15, 0.2) is 0 Å². The summed E-state index contributed by atoms with van der Waals surface area (Å²) in [6, 6.07) is -0.713. The Morgan fingerprint density at radius 3 is 1.62 bits per heavy atom. The van der Waals surface area contributed by atoms with E-state index in [4.69, 9.17) is 19.3 Å². The molecule has 0 heterocycles. The number of hydrogen-bond donors (Lipinski definition) is 2. The van der Waals surface area contributed by atoms with Crippen LogP contribution in [0.3, 0.4) is 0 Å². The Morgan fingerprint density at radius 1 is 1.38 bits per heavy atom. The van der Waals surface area contributed by atoms with Crippen molar-refractivity contribution in [2.24, 2.45) is 11.7 Å². The SMILES string of the molecule is CC(C)[C@H](N)C(=O)O.O=S(=O)(Cl)Cl. The second-order valence-corrected chi connectivity index (χ2v) is 6.15. The van der Waals surface area contributed by atoms with Gasteiger partial charge in [-0.3, -0.25) is 4.79 Å². The third kappa shape index (κ3) is 18.7. The predicted molar refractivity (Wildman–Crippen MR) is 51.1 cm³/mol. The summed E-state index contributed by atoms with van der Waals surface area (Å²) in [5.74, 6) is -0.910. The maximum atomic E-state index is 10.0. The molecule has 0 spiro atoms. The highest BCUT2D eigenvalue weighted by molar-refractivity contribution is 8.31. The van der Waals surface area contributed by atoms with Crippen molar-refractivity contribution in [3.05, 3.63) is 0 Å². The molecule has 0 aromatic heterocycles. The number of hydrogen-bond acceptors (Lipinski definition) is 4. The highest BCUT2D eigenvalue weighted by atomic mass is 36.0. The van der Waals surface area contributed by atoms with Gasteiger partial charge in [-0.1, -0.05) is 13.8 Å². The molecule has 0 unspecified atom stereocenters. The van der Waals surface area contributed by atoms with Crippen LogP contribution in [-0.2, 0) is 13.1 Å². The van der Waals surface area contributed by atoms with Crippen molar-refractivity contribution in [2.75, 3.05) is 0 Å². The largest absolute Gasteiger partial charge is 0.480 e. The Hall–Kier alpha value is -0.0400. The molecule has 0 saturated carbocycles. The van der Waals surface area contributed by atoms with E-state index in [1.54, 1.807) is 13.8 Å². The van der Waals surface area contributed by atoms with Gasteiger partial charge in [0.25, 0.3) is 0 Å². The zero-order valence-corrected chi connectivity index (χ0v) is 9.40. The van der Waals surface area contributed by atoms with Crippen LogP contribution in [0.25, 0.3) is 0 Å². The van der Waals surface area contributed by atoms with Crippen LogP contribution >= 0.6 is 21.4 Å². The first-order chi connectivity index (χ1) is 5.55. The fraction of sp³-hybridized carbons (Fsp3) is 0.800. The molecule has 0 aliphatic heterocycles. The van der Waals surface area contributed by atoms with Crippen molar-refractivity contribution in [2.45, 2.75) is 19.9 Å². The summed E-state index contributed by atoms with van der Waals surface area (Å²) in [7, 11) is 4.81. The van der Waals surface area contributed by atoms with E-state index in [-0.39, 0.29) is 5.92 Å². The fourth-order valence-electron chi connectivity index (χ4n) is 0.285.